The zero-order chi connectivity index (χ0) is 16.6. The maximum absolute atomic E-state index is 5.86. The van der Waals surface area contributed by atoms with Gasteiger partial charge in [0, 0.05) is 13.0 Å². The lowest BCUT2D eigenvalue weighted by atomic mass is 10.1. The number of alkyl halides is 1. The van der Waals surface area contributed by atoms with Gasteiger partial charge >= 0.3 is 0 Å². The van der Waals surface area contributed by atoms with E-state index in [1.807, 2.05) is 39.0 Å². The van der Waals surface area contributed by atoms with Crippen LogP contribution in [-0.4, -0.2) is 46.8 Å². The van der Waals surface area contributed by atoms with Crippen LogP contribution < -0.4 is 4.74 Å². The van der Waals surface area contributed by atoms with Gasteiger partial charge in [-0.05, 0) is 24.1 Å². The Kier molecular flexibility index (Phi) is 14.5. The summed E-state index contributed by atoms with van der Waals surface area (Å²) in [5.74, 6) is 1.36. The minimum Gasteiger partial charge on any atom is -0.491 e. The summed E-state index contributed by atoms with van der Waals surface area (Å²) in [6.07, 6.45) is 0. The molecule has 5 heteroatoms. The lowest BCUT2D eigenvalue weighted by molar-refractivity contribution is 0.0179. The number of benzene rings is 1. The first-order valence-electron chi connectivity index (χ1n) is 7.71. The van der Waals surface area contributed by atoms with Crippen molar-refractivity contribution in [2.75, 3.05) is 46.8 Å². The maximum Gasteiger partial charge on any atom is 0.122 e. The average Bonchev–Trinajstić information content (AvgIpc) is 2.56. The van der Waals surface area contributed by atoms with Crippen LogP contribution in [0.3, 0.4) is 0 Å². The first kappa shape index (κ1) is 21.2. The van der Waals surface area contributed by atoms with E-state index in [-0.39, 0.29) is 0 Å². The van der Waals surface area contributed by atoms with Crippen LogP contribution in [-0.2, 0) is 20.1 Å². The zero-order valence-corrected chi connectivity index (χ0v) is 14.9. The standard InChI is InChI=1S/C15H23ClO4.C2H6/c1-13-14(12-16)4-3-5-15(13)20-11-10-19-9-8-18-7-6-17-2;1-2/h3-5H,6-12H2,1-2H3;1-2H3. The summed E-state index contributed by atoms with van der Waals surface area (Å²) in [6.45, 7) is 9.42. The fourth-order valence-corrected chi connectivity index (χ4v) is 1.93. The van der Waals surface area contributed by atoms with Crippen LogP contribution in [0.2, 0.25) is 0 Å². The van der Waals surface area contributed by atoms with Crippen molar-refractivity contribution < 1.29 is 18.9 Å². The molecular formula is C17H29ClO4. The van der Waals surface area contributed by atoms with E-state index in [1.165, 1.54) is 0 Å². The SMILES string of the molecule is CC.COCCOCCOCCOc1cccc(CCl)c1C. The lowest BCUT2D eigenvalue weighted by Gasteiger charge is -2.11. The summed E-state index contributed by atoms with van der Waals surface area (Å²) in [4.78, 5) is 0. The third-order valence-electron chi connectivity index (χ3n) is 2.83. The Balaban J connectivity index is 0.00000211. The van der Waals surface area contributed by atoms with Crippen LogP contribution in [0.25, 0.3) is 0 Å². The van der Waals surface area contributed by atoms with Crippen LogP contribution in [0.1, 0.15) is 25.0 Å². The quantitative estimate of drug-likeness (QED) is 0.456. The molecule has 0 amide bonds. The van der Waals surface area contributed by atoms with E-state index in [9.17, 15) is 0 Å². The van der Waals surface area contributed by atoms with Crippen LogP contribution in [0.15, 0.2) is 18.2 Å². The first-order valence-corrected chi connectivity index (χ1v) is 8.24. The number of ether oxygens (including phenoxy) is 4. The molecule has 0 bridgehead atoms. The molecule has 0 aromatic heterocycles. The van der Waals surface area contributed by atoms with Gasteiger partial charge in [0.2, 0.25) is 0 Å². The van der Waals surface area contributed by atoms with E-state index in [1.54, 1.807) is 7.11 Å². The molecule has 4 nitrogen and oxygen atoms in total. The molecule has 22 heavy (non-hydrogen) atoms. The van der Waals surface area contributed by atoms with E-state index in [2.05, 4.69) is 0 Å². The minimum absolute atomic E-state index is 0.498. The third kappa shape index (κ3) is 9.26. The molecule has 1 aromatic rings. The topological polar surface area (TPSA) is 36.9 Å². The average molecular weight is 333 g/mol. The molecule has 0 N–H and O–H groups in total. The largest absolute Gasteiger partial charge is 0.491 e. The first-order chi connectivity index (χ1) is 10.8. The fraction of sp³-hybridized carbons (Fsp3) is 0.647. The van der Waals surface area contributed by atoms with Crippen molar-refractivity contribution in [2.45, 2.75) is 26.7 Å². The number of hydrogen-bond donors (Lipinski definition) is 0. The molecule has 1 rings (SSSR count). The highest BCUT2D eigenvalue weighted by Gasteiger charge is 2.03. The predicted molar refractivity (Wildman–Crippen MR) is 91.1 cm³/mol. The molecule has 0 saturated heterocycles. The Bertz CT molecular complexity index is 372. The highest BCUT2D eigenvalue weighted by atomic mass is 35.5. The van der Waals surface area contributed by atoms with Crippen molar-refractivity contribution in [1.82, 2.24) is 0 Å². The summed E-state index contributed by atoms with van der Waals surface area (Å²) in [6, 6.07) is 5.90. The van der Waals surface area contributed by atoms with E-state index in [0.29, 0.717) is 45.5 Å². The third-order valence-corrected chi connectivity index (χ3v) is 3.12. The Morgan fingerprint density at radius 3 is 2.09 bits per heavy atom. The maximum atomic E-state index is 5.86. The number of hydrogen-bond acceptors (Lipinski definition) is 4. The molecule has 0 fully saturated rings. The molecule has 0 unspecified atom stereocenters. The van der Waals surface area contributed by atoms with Crippen molar-refractivity contribution in [3.63, 3.8) is 0 Å². The van der Waals surface area contributed by atoms with Crippen molar-refractivity contribution in [2.24, 2.45) is 0 Å². The van der Waals surface area contributed by atoms with Crippen LogP contribution in [0.5, 0.6) is 5.75 Å². The van der Waals surface area contributed by atoms with Crippen LogP contribution in [0, 0.1) is 6.92 Å². The molecular weight excluding hydrogens is 304 g/mol. The summed E-state index contributed by atoms with van der Waals surface area (Å²) in [5.41, 5.74) is 2.18. The van der Waals surface area contributed by atoms with Crippen molar-refractivity contribution in [3.8, 4) is 5.75 Å². The number of methoxy groups -OCH3 is 1. The molecule has 0 spiro atoms. The van der Waals surface area contributed by atoms with Gasteiger partial charge in [-0.1, -0.05) is 26.0 Å². The molecule has 1 aromatic carbocycles. The van der Waals surface area contributed by atoms with E-state index < -0.39 is 0 Å². The van der Waals surface area contributed by atoms with E-state index in [4.69, 9.17) is 30.5 Å². The Labute approximate surface area is 139 Å². The molecule has 0 radical (unpaired) electrons. The molecule has 0 aliphatic rings. The highest BCUT2D eigenvalue weighted by Crippen LogP contribution is 2.22. The minimum atomic E-state index is 0.498. The second-order valence-corrected chi connectivity index (χ2v) is 4.51. The van der Waals surface area contributed by atoms with Gasteiger partial charge in [-0.15, -0.1) is 11.6 Å². The molecule has 0 heterocycles. The van der Waals surface area contributed by atoms with Gasteiger partial charge in [0.05, 0.1) is 33.0 Å². The number of rotatable bonds is 11. The Morgan fingerprint density at radius 1 is 0.909 bits per heavy atom. The normalized spacial score (nSPS) is 10.0. The van der Waals surface area contributed by atoms with E-state index >= 15 is 0 Å². The highest BCUT2D eigenvalue weighted by molar-refractivity contribution is 6.17. The zero-order valence-electron chi connectivity index (χ0n) is 14.2. The number of halogens is 1. The van der Waals surface area contributed by atoms with Crippen molar-refractivity contribution >= 4 is 11.6 Å². The Morgan fingerprint density at radius 2 is 1.50 bits per heavy atom. The molecule has 0 atom stereocenters. The van der Waals surface area contributed by atoms with Gasteiger partial charge in [-0.25, -0.2) is 0 Å². The fourth-order valence-electron chi connectivity index (χ4n) is 1.64. The van der Waals surface area contributed by atoms with Gasteiger partial charge in [0.25, 0.3) is 0 Å². The molecule has 0 aliphatic heterocycles. The summed E-state index contributed by atoms with van der Waals surface area (Å²) in [7, 11) is 1.65. The van der Waals surface area contributed by atoms with Crippen molar-refractivity contribution in [3.05, 3.63) is 29.3 Å². The van der Waals surface area contributed by atoms with Crippen LogP contribution in [0.4, 0.5) is 0 Å². The molecule has 0 saturated carbocycles. The monoisotopic (exact) mass is 332 g/mol. The van der Waals surface area contributed by atoms with Gasteiger partial charge in [0.15, 0.2) is 0 Å². The van der Waals surface area contributed by atoms with Crippen LogP contribution >= 0.6 is 11.6 Å². The van der Waals surface area contributed by atoms with Crippen molar-refractivity contribution in [1.29, 1.82) is 0 Å². The second kappa shape index (κ2) is 15.1. The molecule has 128 valence electrons. The second-order valence-electron chi connectivity index (χ2n) is 4.24. The summed E-state index contributed by atoms with van der Waals surface area (Å²) in [5, 5.41) is 0. The smallest absolute Gasteiger partial charge is 0.122 e. The van der Waals surface area contributed by atoms with Gasteiger partial charge in [-0.2, -0.15) is 0 Å². The Hall–Kier alpha value is -0.810. The summed E-state index contributed by atoms with van der Waals surface area (Å²) >= 11 is 5.86. The van der Waals surface area contributed by atoms with Gasteiger partial charge < -0.3 is 18.9 Å². The van der Waals surface area contributed by atoms with Gasteiger partial charge in [-0.3, -0.25) is 0 Å². The lowest BCUT2D eigenvalue weighted by Crippen LogP contribution is -2.12. The predicted octanol–water partition coefficient (Wildman–Crippen LogP) is 3.82. The summed E-state index contributed by atoms with van der Waals surface area (Å²) < 4.78 is 21.2. The molecule has 0 aliphatic carbocycles. The van der Waals surface area contributed by atoms with E-state index in [0.717, 1.165) is 16.9 Å². The van der Waals surface area contributed by atoms with Gasteiger partial charge in [0.1, 0.15) is 12.4 Å².